The number of rotatable bonds is 7. The molecule has 218 valence electrons. The first kappa shape index (κ1) is 29.9. The number of phenolic OH excluding ortho intramolecular Hbond substituents is 2. The second-order valence-electron chi connectivity index (χ2n) is 9.79. The summed E-state index contributed by atoms with van der Waals surface area (Å²) in [5.41, 5.74) is 0.481. The predicted octanol–water partition coefficient (Wildman–Crippen LogP) is -1.59. The standard InChI is InChI=1S/C27H32O13/c1-12-20(32)22(34)24(36)26(38-12)27(25(37)23(35)21(33)19(11-28)40-27)39-15-6-2-13(3-7-15)4-9-17(30)16-8-5-14(29)10-18(16)31/h2-10,12,19-26,28-29,31-37H,11H2,1H3. The number of allylic oxidation sites excluding steroid dienone is 1. The zero-order chi connectivity index (χ0) is 29.4. The molecule has 10 unspecified atom stereocenters. The van der Waals surface area contributed by atoms with Crippen LogP contribution in [0.3, 0.4) is 0 Å². The quantitative estimate of drug-likeness (QED) is 0.137. The van der Waals surface area contributed by atoms with Gasteiger partial charge in [-0.3, -0.25) is 4.79 Å². The molecule has 0 bridgehead atoms. The smallest absolute Gasteiger partial charge is 0.268 e. The van der Waals surface area contributed by atoms with Crippen LogP contribution in [0.5, 0.6) is 17.2 Å². The highest BCUT2D eigenvalue weighted by molar-refractivity contribution is 6.08. The molecule has 2 aliphatic rings. The highest BCUT2D eigenvalue weighted by Crippen LogP contribution is 2.41. The van der Waals surface area contributed by atoms with Crippen LogP contribution in [0.2, 0.25) is 0 Å². The van der Waals surface area contributed by atoms with Gasteiger partial charge in [-0.15, -0.1) is 0 Å². The van der Waals surface area contributed by atoms with Crippen molar-refractivity contribution < 1.29 is 65.0 Å². The van der Waals surface area contributed by atoms with Crippen LogP contribution in [-0.4, -0.2) is 119 Å². The fraction of sp³-hybridized carbons (Fsp3) is 0.444. The molecule has 0 aromatic heterocycles. The Bertz CT molecular complexity index is 1220. The topological polar surface area (TPSA) is 227 Å². The molecule has 13 nitrogen and oxygen atoms in total. The van der Waals surface area contributed by atoms with Gasteiger partial charge in [0.2, 0.25) is 0 Å². The second-order valence-corrected chi connectivity index (χ2v) is 9.79. The van der Waals surface area contributed by atoms with Crippen molar-refractivity contribution in [2.75, 3.05) is 6.61 Å². The molecule has 2 heterocycles. The number of phenols is 2. The summed E-state index contributed by atoms with van der Waals surface area (Å²) in [5.74, 6) is -3.58. The average Bonchev–Trinajstić information content (AvgIpc) is 2.93. The number of carbonyl (C=O) groups excluding carboxylic acids is 1. The zero-order valence-corrected chi connectivity index (χ0v) is 21.3. The van der Waals surface area contributed by atoms with E-state index in [0.29, 0.717) is 5.56 Å². The van der Waals surface area contributed by atoms with Crippen LogP contribution >= 0.6 is 0 Å². The van der Waals surface area contributed by atoms with Gasteiger partial charge in [0.15, 0.2) is 18.0 Å². The molecule has 10 atom stereocenters. The molecule has 2 aromatic rings. The number of aromatic hydroxyl groups is 2. The normalized spacial score (nSPS) is 36.5. The predicted molar refractivity (Wildman–Crippen MR) is 135 cm³/mol. The monoisotopic (exact) mass is 564 g/mol. The van der Waals surface area contributed by atoms with Crippen molar-refractivity contribution in [3.63, 3.8) is 0 Å². The first-order valence-electron chi connectivity index (χ1n) is 12.5. The van der Waals surface area contributed by atoms with Crippen molar-refractivity contribution in [2.45, 2.75) is 67.6 Å². The summed E-state index contributed by atoms with van der Waals surface area (Å²) in [7, 11) is 0. The van der Waals surface area contributed by atoms with E-state index < -0.39 is 73.1 Å². The Morgan fingerprint density at radius 2 is 1.60 bits per heavy atom. The highest BCUT2D eigenvalue weighted by Gasteiger charge is 2.64. The lowest BCUT2D eigenvalue weighted by molar-refractivity contribution is -0.394. The van der Waals surface area contributed by atoms with E-state index in [9.17, 15) is 50.8 Å². The lowest BCUT2D eigenvalue weighted by Crippen LogP contribution is -2.76. The fourth-order valence-corrected chi connectivity index (χ4v) is 4.75. The number of ether oxygens (including phenoxy) is 3. The van der Waals surface area contributed by atoms with Crippen LogP contribution in [0.1, 0.15) is 22.8 Å². The Hall–Kier alpha value is -3.11. The largest absolute Gasteiger partial charge is 0.508 e. The second kappa shape index (κ2) is 11.8. The maximum atomic E-state index is 12.4. The van der Waals surface area contributed by atoms with E-state index in [1.54, 1.807) is 0 Å². The molecule has 0 radical (unpaired) electrons. The molecule has 2 saturated heterocycles. The molecule has 2 fully saturated rings. The van der Waals surface area contributed by atoms with Crippen molar-refractivity contribution in [3.05, 3.63) is 59.7 Å². The zero-order valence-electron chi connectivity index (χ0n) is 21.3. The Morgan fingerprint density at radius 1 is 0.925 bits per heavy atom. The number of carbonyl (C=O) groups is 1. The molecular formula is C27H32O13. The minimum absolute atomic E-state index is 0.00282. The third-order valence-corrected chi connectivity index (χ3v) is 7.06. The van der Waals surface area contributed by atoms with Crippen LogP contribution in [0.15, 0.2) is 48.5 Å². The summed E-state index contributed by atoms with van der Waals surface area (Å²) in [6, 6.07) is 9.38. The van der Waals surface area contributed by atoms with Crippen molar-refractivity contribution in [3.8, 4) is 17.2 Å². The molecule has 0 aliphatic carbocycles. The van der Waals surface area contributed by atoms with Crippen LogP contribution in [0.4, 0.5) is 0 Å². The van der Waals surface area contributed by atoms with Gasteiger partial charge >= 0.3 is 0 Å². The molecule has 4 rings (SSSR count). The van der Waals surface area contributed by atoms with E-state index in [1.807, 2.05) is 0 Å². The average molecular weight is 565 g/mol. The lowest BCUT2D eigenvalue weighted by Gasteiger charge is -2.54. The van der Waals surface area contributed by atoms with Gasteiger partial charge in [-0.25, -0.2) is 0 Å². The van der Waals surface area contributed by atoms with Crippen molar-refractivity contribution in [1.82, 2.24) is 0 Å². The summed E-state index contributed by atoms with van der Waals surface area (Å²) in [4.78, 5) is 12.4. The van der Waals surface area contributed by atoms with E-state index >= 15 is 0 Å². The number of hydrogen-bond acceptors (Lipinski definition) is 13. The van der Waals surface area contributed by atoms with Crippen LogP contribution < -0.4 is 4.74 Å². The molecular weight excluding hydrogens is 532 g/mol. The summed E-state index contributed by atoms with van der Waals surface area (Å²) >= 11 is 0. The first-order valence-corrected chi connectivity index (χ1v) is 12.5. The third-order valence-electron chi connectivity index (χ3n) is 7.06. The first-order chi connectivity index (χ1) is 18.9. The van der Waals surface area contributed by atoms with Gasteiger partial charge in [0.25, 0.3) is 5.79 Å². The Kier molecular flexibility index (Phi) is 8.80. The summed E-state index contributed by atoms with van der Waals surface area (Å²) in [5, 5.41) is 92.1. The maximum Gasteiger partial charge on any atom is 0.268 e. The number of hydrogen-bond donors (Lipinski definition) is 9. The van der Waals surface area contributed by atoms with E-state index in [2.05, 4.69) is 0 Å². The van der Waals surface area contributed by atoms with E-state index in [0.717, 1.165) is 6.07 Å². The van der Waals surface area contributed by atoms with Crippen LogP contribution in [0.25, 0.3) is 6.08 Å². The van der Waals surface area contributed by atoms with Gasteiger partial charge in [0.05, 0.1) is 18.3 Å². The molecule has 40 heavy (non-hydrogen) atoms. The lowest BCUT2D eigenvalue weighted by atomic mass is 9.83. The van der Waals surface area contributed by atoms with Crippen molar-refractivity contribution >= 4 is 11.9 Å². The molecule has 2 aromatic carbocycles. The highest BCUT2D eigenvalue weighted by atomic mass is 16.7. The number of benzene rings is 2. The third kappa shape index (κ3) is 5.56. The Balaban J connectivity index is 1.62. The minimum atomic E-state index is -2.47. The summed E-state index contributed by atoms with van der Waals surface area (Å²) in [6.45, 7) is 0.582. The molecule has 0 amide bonds. The molecule has 2 aliphatic heterocycles. The number of aliphatic hydroxyl groups is 7. The van der Waals surface area contributed by atoms with E-state index in [-0.39, 0.29) is 22.8 Å². The Morgan fingerprint density at radius 3 is 2.23 bits per heavy atom. The van der Waals surface area contributed by atoms with Crippen LogP contribution in [-0.2, 0) is 9.47 Å². The van der Waals surface area contributed by atoms with Crippen LogP contribution in [0, 0.1) is 0 Å². The van der Waals surface area contributed by atoms with Gasteiger partial charge in [-0.05, 0) is 42.8 Å². The van der Waals surface area contributed by atoms with Crippen molar-refractivity contribution in [1.29, 1.82) is 0 Å². The molecule has 9 N–H and O–H groups in total. The van der Waals surface area contributed by atoms with Gasteiger partial charge in [-0.2, -0.15) is 0 Å². The van der Waals surface area contributed by atoms with Crippen molar-refractivity contribution in [2.24, 2.45) is 0 Å². The van der Waals surface area contributed by atoms with Gasteiger partial charge in [-0.1, -0.05) is 18.2 Å². The SMILES string of the molecule is CC1OC(C2(Oc3ccc(C=CC(=O)c4ccc(O)cc4O)cc3)OC(CO)C(O)C(O)C2O)C(O)C(O)C1O. The number of aliphatic hydroxyl groups excluding tert-OH is 7. The number of ketones is 1. The minimum Gasteiger partial charge on any atom is -0.508 e. The molecule has 0 saturated carbocycles. The molecule has 13 heteroatoms. The van der Waals surface area contributed by atoms with Gasteiger partial charge < -0.3 is 60.2 Å². The van der Waals surface area contributed by atoms with E-state index in [4.69, 9.17) is 14.2 Å². The van der Waals surface area contributed by atoms with Gasteiger partial charge in [0.1, 0.15) is 53.9 Å². The summed E-state index contributed by atoms with van der Waals surface area (Å²) in [6.07, 6.45) is -12.5. The summed E-state index contributed by atoms with van der Waals surface area (Å²) < 4.78 is 17.3. The fourth-order valence-electron chi connectivity index (χ4n) is 4.75. The maximum absolute atomic E-state index is 12.4. The van der Waals surface area contributed by atoms with Gasteiger partial charge in [0, 0.05) is 6.07 Å². The van der Waals surface area contributed by atoms with E-state index in [1.165, 1.54) is 55.5 Å². The Labute approximate surface area is 228 Å². The molecule has 0 spiro atoms.